The first-order valence-corrected chi connectivity index (χ1v) is 7.88. The summed E-state index contributed by atoms with van der Waals surface area (Å²) in [5.41, 5.74) is 0. The van der Waals surface area contributed by atoms with Gasteiger partial charge in [-0.1, -0.05) is 19.8 Å². The van der Waals surface area contributed by atoms with Crippen LogP contribution in [0.2, 0.25) is 13.6 Å². The van der Waals surface area contributed by atoms with E-state index in [-0.39, 0.29) is 7.05 Å². The van der Waals surface area contributed by atoms with Gasteiger partial charge in [-0.05, 0) is 51.3 Å². The molecule has 0 radical (unpaired) electrons. The number of hydrogen-bond donors (Lipinski definition) is 3. The van der Waals surface area contributed by atoms with Crippen molar-refractivity contribution in [3.8, 4) is 0 Å². The zero-order valence-corrected chi connectivity index (χ0v) is 12.5. The van der Waals surface area contributed by atoms with Crippen LogP contribution in [-0.2, 0) is 0 Å². The third kappa shape index (κ3) is 3.54. The Morgan fingerprint density at radius 3 is 2.47 bits per heavy atom. The van der Waals surface area contributed by atoms with Crippen molar-refractivity contribution < 1.29 is 10.0 Å². The first-order chi connectivity index (χ1) is 9.00. The first kappa shape index (κ1) is 15.4. The summed E-state index contributed by atoms with van der Waals surface area (Å²) in [5, 5.41) is 23.0. The summed E-state index contributed by atoms with van der Waals surface area (Å²) in [5.74, 6) is 1.20. The summed E-state index contributed by atoms with van der Waals surface area (Å²) in [4.78, 5) is 2.25. The van der Waals surface area contributed by atoms with E-state index in [2.05, 4.69) is 17.0 Å². The van der Waals surface area contributed by atoms with E-state index in [1.807, 2.05) is 6.82 Å². The molecule has 1 aliphatic carbocycles. The largest absolute Gasteiger partial charge is 0.437 e. The molecule has 1 heterocycles. The number of nitrogens with one attached hydrogen (secondary N) is 1. The van der Waals surface area contributed by atoms with Crippen LogP contribution < -0.4 is 5.23 Å². The smallest absolute Gasteiger partial charge is 0.376 e. The molecule has 0 bridgehead atoms. The molecule has 0 aromatic rings. The van der Waals surface area contributed by atoms with Crippen molar-refractivity contribution in [2.24, 2.45) is 11.8 Å². The molecule has 0 aromatic heterocycles. The zero-order valence-electron chi connectivity index (χ0n) is 12.5. The van der Waals surface area contributed by atoms with Gasteiger partial charge in [-0.25, -0.2) is 0 Å². The normalized spacial score (nSPS) is 36.5. The van der Waals surface area contributed by atoms with Crippen LogP contribution in [0.5, 0.6) is 0 Å². The fourth-order valence-electron chi connectivity index (χ4n) is 4.28. The Bertz CT molecular complexity index is 292. The molecular formula is C13H28B2N2O2. The third-order valence-corrected chi connectivity index (χ3v) is 5.02. The number of nitrogens with zero attached hydrogens (tertiary/aromatic N) is 1. The molecule has 4 nitrogen and oxygen atoms in total. The van der Waals surface area contributed by atoms with Crippen LogP contribution in [0.4, 0.5) is 0 Å². The second-order valence-electron chi connectivity index (χ2n) is 6.51. The Labute approximate surface area is 118 Å². The standard InChI is InChI=1S/C13H28B2N2O2/c1-10-6-4-7-11(16-14(2)18)13(10)12-8-5-9-17(12)15(3)19/h10-13,16,18-19H,4-9H2,1-3H3. The van der Waals surface area contributed by atoms with E-state index in [1.54, 1.807) is 6.82 Å². The monoisotopic (exact) mass is 266 g/mol. The van der Waals surface area contributed by atoms with E-state index in [4.69, 9.17) is 0 Å². The lowest BCUT2D eigenvalue weighted by Crippen LogP contribution is -2.56. The minimum atomic E-state index is -0.445. The Balaban J connectivity index is 2.12. The number of rotatable bonds is 4. The van der Waals surface area contributed by atoms with E-state index in [1.165, 1.54) is 25.7 Å². The lowest BCUT2D eigenvalue weighted by atomic mass is 9.68. The van der Waals surface area contributed by atoms with Gasteiger partial charge in [0.05, 0.1) is 0 Å². The third-order valence-electron chi connectivity index (χ3n) is 5.02. The number of hydrogen-bond acceptors (Lipinski definition) is 4. The van der Waals surface area contributed by atoms with E-state index < -0.39 is 7.05 Å². The summed E-state index contributed by atoms with van der Waals surface area (Å²) in [6, 6.07) is 0.847. The van der Waals surface area contributed by atoms with Crippen LogP contribution in [0.25, 0.3) is 0 Å². The predicted octanol–water partition coefficient (Wildman–Crippen LogP) is 1.07. The Hall–Kier alpha value is -0.0301. The van der Waals surface area contributed by atoms with Crippen LogP contribution in [0.15, 0.2) is 0 Å². The predicted molar refractivity (Wildman–Crippen MR) is 80.8 cm³/mol. The Morgan fingerprint density at radius 2 is 1.84 bits per heavy atom. The van der Waals surface area contributed by atoms with E-state index in [0.29, 0.717) is 23.9 Å². The highest BCUT2D eigenvalue weighted by Gasteiger charge is 2.42. The summed E-state index contributed by atoms with van der Waals surface area (Å²) >= 11 is 0. The minimum absolute atomic E-state index is 0.353. The lowest BCUT2D eigenvalue weighted by molar-refractivity contribution is 0.123. The van der Waals surface area contributed by atoms with Gasteiger partial charge in [0.15, 0.2) is 0 Å². The van der Waals surface area contributed by atoms with Gasteiger partial charge in [0, 0.05) is 12.1 Å². The molecule has 108 valence electrons. The average Bonchev–Trinajstić information content (AvgIpc) is 2.77. The maximum absolute atomic E-state index is 9.96. The van der Waals surface area contributed by atoms with Crippen LogP contribution in [-0.4, -0.2) is 47.6 Å². The fraction of sp³-hybridized carbons (Fsp3) is 1.00. The van der Waals surface area contributed by atoms with Crippen molar-refractivity contribution in [2.45, 2.75) is 64.8 Å². The van der Waals surface area contributed by atoms with Gasteiger partial charge in [-0.15, -0.1) is 0 Å². The summed E-state index contributed by atoms with van der Waals surface area (Å²) < 4.78 is 0. The molecule has 1 saturated carbocycles. The van der Waals surface area contributed by atoms with Gasteiger partial charge < -0.3 is 20.1 Å². The molecule has 4 unspecified atom stereocenters. The molecule has 0 amide bonds. The van der Waals surface area contributed by atoms with Crippen LogP contribution in [0.1, 0.15) is 39.0 Å². The van der Waals surface area contributed by atoms with E-state index >= 15 is 0 Å². The average molecular weight is 266 g/mol. The first-order valence-electron chi connectivity index (χ1n) is 7.88. The van der Waals surface area contributed by atoms with Crippen LogP contribution >= 0.6 is 0 Å². The van der Waals surface area contributed by atoms with Gasteiger partial charge in [-0.3, -0.25) is 0 Å². The molecule has 2 aliphatic rings. The molecule has 0 aromatic carbocycles. The quantitative estimate of drug-likeness (QED) is 0.666. The van der Waals surface area contributed by atoms with Crippen LogP contribution in [0.3, 0.4) is 0 Å². The molecular weight excluding hydrogens is 238 g/mol. The molecule has 2 rings (SSSR count). The zero-order chi connectivity index (χ0) is 14.0. The van der Waals surface area contributed by atoms with Gasteiger partial charge in [-0.2, -0.15) is 0 Å². The van der Waals surface area contributed by atoms with Gasteiger partial charge in [0.25, 0.3) is 0 Å². The van der Waals surface area contributed by atoms with Crippen LogP contribution in [0, 0.1) is 11.8 Å². The van der Waals surface area contributed by atoms with Crippen molar-refractivity contribution in [3.63, 3.8) is 0 Å². The molecule has 6 heteroatoms. The Morgan fingerprint density at radius 1 is 1.11 bits per heavy atom. The van der Waals surface area contributed by atoms with Crippen molar-refractivity contribution in [1.82, 2.24) is 10.0 Å². The summed E-state index contributed by atoms with van der Waals surface area (Å²) in [6.07, 6.45) is 6.01. The lowest BCUT2D eigenvalue weighted by Gasteiger charge is -2.44. The second-order valence-corrected chi connectivity index (χ2v) is 6.51. The van der Waals surface area contributed by atoms with Gasteiger partial charge in [0.1, 0.15) is 0 Å². The summed E-state index contributed by atoms with van der Waals surface area (Å²) in [7, 11) is -0.798. The van der Waals surface area contributed by atoms with E-state index in [9.17, 15) is 10.0 Å². The molecule has 0 spiro atoms. The second kappa shape index (κ2) is 6.61. The van der Waals surface area contributed by atoms with Crippen molar-refractivity contribution in [3.05, 3.63) is 0 Å². The van der Waals surface area contributed by atoms with E-state index in [0.717, 1.165) is 13.0 Å². The molecule has 19 heavy (non-hydrogen) atoms. The highest BCUT2D eigenvalue weighted by Crippen LogP contribution is 2.38. The molecule has 2 fully saturated rings. The molecule has 4 atom stereocenters. The molecule has 3 N–H and O–H groups in total. The maximum atomic E-state index is 9.96. The molecule has 1 saturated heterocycles. The molecule has 1 aliphatic heterocycles. The minimum Gasteiger partial charge on any atom is -0.437 e. The summed E-state index contributed by atoms with van der Waals surface area (Å²) in [6.45, 7) is 7.02. The maximum Gasteiger partial charge on any atom is 0.376 e. The highest BCUT2D eigenvalue weighted by molar-refractivity contribution is 6.46. The van der Waals surface area contributed by atoms with Crippen molar-refractivity contribution in [1.29, 1.82) is 0 Å². The fourth-order valence-corrected chi connectivity index (χ4v) is 4.28. The van der Waals surface area contributed by atoms with Gasteiger partial charge in [0.2, 0.25) is 0 Å². The SMILES string of the molecule is CB(O)NC1CCCC(C)C1C1CCCN1B(C)O. The highest BCUT2D eigenvalue weighted by atomic mass is 16.2. The van der Waals surface area contributed by atoms with Crippen molar-refractivity contribution >= 4 is 14.1 Å². The van der Waals surface area contributed by atoms with Crippen molar-refractivity contribution in [2.75, 3.05) is 6.54 Å². The Kier molecular flexibility index (Phi) is 5.35. The topological polar surface area (TPSA) is 55.7 Å². The van der Waals surface area contributed by atoms with Gasteiger partial charge >= 0.3 is 14.1 Å².